The summed E-state index contributed by atoms with van der Waals surface area (Å²) in [6.45, 7) is 0. The zero-order valence-corrected chi connectivity index (χ0v) is 3.46. The Morgan fingerprint density at radius 3 is 2.20 bits per heavy atom. The fourth-order valence-corrected chi connectivity index (χ4v) is 0.0911. The molecule has 0 aliphatic heterocycles. The van der Waals surface area contributed by atoms with Crippen LogP contribution in [0.3, 0.4) is 0 Å². The third kappa shape index (κ3) is 4.36. The zero-order valence-electron chi connectivity index (χ0n) is 2.35. The molecule has 0 aromatic rings. The third-order valence-corrected chi connectivity index (χ3v) is 0.245. The van der Waals surface area contributed by atoms with Gasteiger partial charge >= 0.3 is 37.6 Å². The Morgan fingerprint density at radius 2 is 2.20 bits per heavy atom. The summed E-state index contributed by atoms with van der Waals surface area (Å²) in [6.07, 6.45) is 0. The topological polar surface area (TPSA) is 59.9 Å². The van der Waals surface area contributed by atoms with Gasteiger partial charge in [0, 0.05) is 0 Å². The number of hydrogen-bond donors (Lipinski definition) is 3. The molecule has 0 rings (SSSR count). The van der Waals surface area contributed by atoms with Crippen molar-refractivity contribution in [3.63, 3.8) is 0 Å². The molecule has 0 amide bonds. The van der Waals surface area contributed by atoms with E-state index in [9.17, 15) is 0 Å². The van der Waals surface area contributed by atoms with E-state index in [1.54, 1.807) is 0 Å². The molecule has 0 atom stereocenters. The molecular formula is H4FeN4. The average molecular weight is 116 g/mol. The molecular weight excluding hydrogens is 112 g/mol. The third-order valence-electron chi connectivity index (χ3n) is 0.107. The van der Waals surface area contributed by atoms with Crippen LogP contribution in [0.5, 0.6) is 0 Å². The Hall–Kier alpha value is 0.359. The average Bonchev–Trinajstić information content (AvgIpc) is 1.41. The molecule has 5 heavy (non-hydrogen) atoms. The molecule has 0 fully saturated rings. The standard InChI is InChI=1S/Fe.H4N4/c;1-3-4-2/h;1-4H/q+1;-1. The van der Waals surface area contributed by atoms with Crippen LogP contribution in [0.4, 0.5) is 0 Å². The summed E-state index contributed by atoms with van der Waals surface area (Å²) in [6, 6.07) is 0. The van der Waals surface area contributed by atoms with E-state index in [0.29, 0.717) is 0 Å². The second kappa shape index (κ2) is 4.36. The molecule has 4 nitrogen and oxygen atoms in total. The van der Waals surface area contributed by atoms with E-state index in [1.807, 2.05) is 5.53 Å². The summed E-state index contributed by atoms with van der Waals surface area (Å²) < 4.78 is 2.22. The minimum absolute atomic E-state index is 1.84. The Labute approximate surface area is 38.4 Å². The SMILES string of the molecule is [NH]NN[NH][Fe]. The van der Waals surface area contributed by atoms with Gasteiger partial charge in [0.15, 0.2) is 0 Å². The van der Waals surface area contributed by atoms with Crippen LogP contribution >= 0.6 is 0 Å². The molecule has 0 spiro atoms. The Morgan fingerprint density at radius 1 is 1.60 bits per heavy atom. The van der Waals surface area contributed by atoms with E-state index in [4.69, 9.17) is 5.84 Å². The molecule has 5 heteroatoms. The van der Waals surface area contributed by atoms with Crippen molar-refractivity contribution in [3.8, 4) is 0 Å². The van der Waals surface area contributed by atoms with Crippen molar-refractivity contribution >= 4 is 0 Å². The first-order valence-electron chi connectivity index (χ1n) is 0.927. The molecule has 1 radical (unpaired) electrons. The van der Waals surface area contributed by atoms with Crippen molar-refractivity contribution in [2.45, 2.75) is 0 Å². The summed E-state index contributed by atoms with van der Waals surface area (Å²) in [7, 11) is 0. The van der Waals surface area contributed by atoms with Gasteiger partial charge in [0.05, 0.1) is 0 Å². The number of rotatable bonds is 2. The fourth-order valence-electron chi connectivity index (χ4n) is 0.0221. The molecule has 0 unspecified atom stereocenters. The zero-order chi connectivity index (χ0) is 4.12. The van der Waals surface area contributed by atoms with Gasteiger partial charge in [-0.05, 0) is 0 Å². The second-order valence-corrected chi connectivity index (χ2v) is 0.614. The molecule has 0 aliphatic carbocycles. The molecule has 0 heterocycles. The number of hydrogen-bond acceptors (Lipinski definition) is 3. The first kappa shape index (κ1) is 5.36. The fraction of sp³-hybridized carbons (Fsp3) is 0. The van der Waals surface area contributed by atoms with Crippen molar-refractivity contribution in [1.29, 1.82) is 0 Å². The minimum atomic E-state index is 1.84. The Kier molecular flexibility index (Phi) is 4.67. The van der Waals surface area contributed by atoms with Crippen LogP contribution in [0.2, 0.25) is 0 Å². The van der Waals surface area contributed by atoms with Crippen LogP contribution in [-0.2, 0) is 16.2 Å². The van der Waals surface area contributed by atoms with Gasteiger partial charge in [-0.25, -0.2) is 0 Å². The van der Waals surface area contributed by atoms with Crippen molar-refractivity contribution in [3.05, 3.63) is 0 Å². The molecule has 0 aromatic heterocycles. The molecule has 32 valence electrons. The predicted octanol–water partition coefficient (Wildman–Crippen LogP) is -1.76. The quantitative estimate of drug-likeness (QED) is 0.296. The van der Waals surface area contributed by atoms with Crippen LogP contribution in [0, 0.1) is 0 Å². The van der Waals surface area contributed by atoms with Crippen molar-refractivity contribution < 1.29 is 16.2 Å². The maximum absolute atomic E-state index is 6.14. The van der Waals surface area contributed by atoms with Crippen LogP contribution in [-0.4, -0.2) is 0 Å². The summed E-state index contributed by atoms with van der Waals surface area (Å²) in [4.78, 5) is 0. The van der Waals surface area contributed by atoms with Gasteiger partial charge in [-0.1, -0.05) is 0 Å². The number of nitrogens with one attached hydrogen (secondary N) is 4. The summed E-state index contributed by atoms with van der Waals surface area (Å²) >= 11 is 3.13. The van der Waals surface area contributed by atoms with Gasteiger partial charge in [0.25, 0.3) is 0 Å². The molecule has 0 aromatic carbocycles. The van der Waals surface area contributed by atoms with Gasteiger partial charge in [-0.3, -0.25) is 0 Å². The Balaban J connectivity index is 2.19. The molecule has 0 bridgehead atoms. The van der Waals surface area contributed by atoms with E-state index in [0.717, 1.165) is 0 Å². The predicted molar refractivity (Wildman–Crippen MR) is 12.5 cm³/mol. The van der Waals surface area contributed by atoms with E-state index in [1.165, 1.54) is 0 Å². The van der Waals surface area contributed by atoms with E-state index in [2.05, 4.69) is 26.2 Å². The first-order valence-corrected chi connectivity index (χ1v) is 1.48. The molecule has 4 N–H and O–H groups in total. The van der Waals surface area contributed by atoms with Gasteiger partial charge in [-0.2, -0.15) is 0 Å². The van der Waals surface area contributed by atoms with Gasteiger partial charge in [0.1, 0.15) is 0 Å². The van der Waals surface area contributed by atoms with E-state index >= 15 is 0 Å². The van der Waals surface area contributed by atoms with Crippen LogP contribution in [0.15, 0.2) is 0 Å². The second-order valence-electron chi connectivity index (χ2n) is 0.338. The van der Waals surface area contributed by atoms with Crippen molar-refractivity contribution in [2.24, 2.45) is 0 Å². The van der Waals surface area contributed by atoms with Crippen molar-refractivity contribution in [1.82, 2.24) is 21.4 Å². The molecule has 0 saturated heterocycles. The monoisotopic (exact) mass is 116 g/mol. The summed E-state index contributed by atoms with van der Waals surface area (Å²) in [5.74, 6) is 6.14. The van der Waals surface area contributed by atoms with Gasteiger partial charge in [-0.15, -0.1) is 0 Å². The molecule has 0 aliphatic rings. The van der Waals surface area contributed by atoms with Gasteiger partial charge < -0.3 is 0 Å². The van der Waals surface area contributed by atoms with Crippen LogP contribution < -0.4 is 21.4 Å². The van der Waals surface area contributed by atoms with E-state index < -0.39 is 0 Å². The van der Waals surface area contributed by atoms with Crippen LogP contribution in [0.1, 0.15) is 0 Å². The first-order chi connectivity index (χ1) is 2.41. The van der Waals surface area contributed by atoms with Gasteiger partial charge in [0.2, 0.25) is 0 Å². The Bertz CT molecular complexity index is 11.1. The van der Waals surface area contributed by atoms with Crippen molar-refractivity contribution in [2.75, 3.05) is 0 Å². The normalized spacial score (nSPS) is 8.40. The van der Waals surface area contributed by atoms with Crippen LogP contribution in [0.25, 0.3) is 0 Å². The number of hydrazine groups is 2. The summed E-state index contributed by atoms with van der Waals surface area (Å²) in [5, 5.41) is 0. The molecule has 0 saturated carbocycles. The van der Waals surface area contributed by atoms with E-state index in [-0.39, 0.29) is 0 Å². The summed E-state index contributed by atoms with van der Waals surface area (Å²) in [5.41, 5.74) is 4.01. The maximum atomic E-state index is 6.14.